The summed E-state index contributed by atoms with van der Waals surface area (Å²) in [6.45, 7) is 7.41. The van der Waals surface area contributed by atoms with E-state index in [1.807, 2.05) is 6.92 Å². The van der Waals surface area contributed by atoms with Crippen LogP contribution >= 0.6 is 24.8 Å². The Labute approximate surface area is 192 Å². The molecule has 0 spiro atoms. The van der Waals surface area contributed by atoms with Gasteiger partial charge in [0.05, 0.1) is 23.9 Å². The highest BCUT2D eigenvalue weighted by Gasteiger charge is 2.53. The summed E-state index contributed by atoms with van der Waals surface area (Å²) >= 11 is 0. The van der Waals surface area contributed by atoms with E-state index in [0.717, 1.165) is 56.1 Å². The van der Waals surface area contributed by atoms with Crippen molar-refractivity contribution in [3.8, 4) is 0 Å². The van der Waals surface area contributed by atoms with Crippen LogP contribution in [0.1, 0.15) is 32.6 Å². The molecule has 2 fully saturated rings. The van der Waals surface area contributed by atoms with Gasteiger partial charge in [0.25, 0.3) is 0 Å². The molecule has 0 radical (unpaired) electrons. The van der Waals surface area contributed by atoms with Crippen LogP contribution in [0, 0.1) is 5.92 Å². The highest BCUT2D eigenvalue weighted by molar-refractivity contribution is 7.89. The molecule has 0 aromatic carbocycles. The number of likely N-dealkylation sites (N-methyl/N-ethyl adjacent to an activating group) is 1. The topological polar surface area (TPSA) is 81.2 Å². The number of piperazine rings is 1. The van der Waals surface area contributed by atoms with Crippen LogP contribution in [0.2, 0.25) is 0 Å². The van der Waals surface area contributed by atoms with Gasteiger partial charge in [0, 0.05) is 39.1 Å². The van der Waals surface area contributed by atoms with Gasteiger partial charge in [0.1, 0.15) is 0 Å². The average molecular weight is 485 g/mol. The summed E-state index contributed by atoms with van der Waals surface area (Å²) in [6.07, 6.45) is 5.34. The second-order valence-corrected chi connectivity index (χ2v) is 9.96. The Kier molecular flexibility index (Phi) is 10.1. The number of amides is 2. The standard InChI is InChI=1S/C19H32N4O4S.2ClH/c1-4-6-15-18-16(23(19(15)25)28(3,26)27)8-10-22(18)17(24)7-5-9-21-13-11-20(2)12-14-21;;/h8,15,18H,4-7,9-14H2,1-3H3;2*1H/t15-,18-;;/m1../s1. The van der Waals surface area contributed by atoms with Gasteiger partial charge in [-0.05, 0) is 32.5 Å². The summed E-state index contributed by atoms with van der Waals surface area (Å²) in [5, 5.41) is 0. The van der Waals surface area contributed by atoms with Crippen LogP contribution in [0.3, 0.4) is 0 Å². The Morgan fingerprint density at radius 1 is 1.17 bits per heavy atom. The zero-order valence-corrected chi connectivity index (χ0v) is 20.4. The van der Waals surface area contributed by atoms with Gasteiger partial charge >= 0.3 is 0 Å². The van der Waals surface area contributed by atoms with E-state index in [4.69, 9.17) is 0 Å². The van der Waals surface area contributed by atoms with Crippen molar-refractivity contribution in [2.45, 2.75) is 38.6 Å². The second kappa shape index (κ2) is 11.1. The molecule has 30 heavy (non-hydrogen) atoms. The summed E-state index contributed by atoms with van der Waals surface area (Å²) in [4.78, 5) is 32.0. The number of sulfonamides is 1. The third kappa shape index (κ3) is 5.68. The van der Waals surface area contributed by atoms with E-state index in [-0.39, 0.29) is 30.7 Å². The molecule has 0 aromatic rings. The zero-order valence-electron chi connectivity index (χ0n) is 17.9. The lowest BCUT2D eigenvalue weighted by Gasteiger charge is -2.32. The van der Waals surface area contributed by atoms with Crippen molar-refractivity contribution in [2.75, 3.05) is 52.6 Å². The van der Waals surface area contributed by atoms with E-state index in [2.05, 4.69) is 16.8 Å². The van der Waals surface area contributed by atoms with Crippen LogP contribution in [-0.2, 0) is 19.6 Å². The molecule has 3 aliphatic heterocycles. The molecule has 3 aliphatic rings. The van der Waals surface area contributed by atoms with Gasteiger partial charge in [-0.25, -0.2) is 12.7 Å². The number of hydrogen-bond donors (Lipinski definition) is 0. The Balaban J connectivity index is 0.00000225. The van der Waals surface area contributed by atoms with E-state index in [1.54, 1.807) is 11.0 Å². The third-order valence-corrected chi connectivity index (χ3v) is 7.04. The molecule has 3 rings (SSSR count). The predicted octanol–water partition coefficient (Wildman–Crippen LogP) is 1.17. The largest absolute Gasteiger partial charge is 0.330 e. The van der Waals surface area contributed by atoms with Gasteiger partial charge in [-0.2, -0.15) is 0 Å². The van der Waals surface area contributed by atoms with Crippen LogP contribution in [0.15, 0.2) is 11.8 Å². The first-order valence-corrected chi connectivity index (χ1v) is 12.0. The zero-order chi connectivity index (χ0) is 20.5. The highest BCUT2D eigenvalue weighted by atomic mass is 35.5. The van der Waals surface area contributed by atoms with E-state index in [9.17, 15) is 18.0 Å². The minimum Gasteiger partial charge on any atom is -0.330 e. The molecule has 2 saturated heterocycles. The molecule has 0 unspecified atom stereocenters. The minimum atomic E-state index is -3.68. The third-order valence-electron chi connectivity index (χ3n) is 5.98. The van der Waals surface area contributed by atoms with E-state index < -0.39 is 27.9 Å². The lowest BCUT2D eigenvalue weighted by atomic mass is 9.96. The lowest BCUT2D eigenvalue weighted by molar-refractivity contribution is -0.133. The molecule has 174 valence electrons. The normalized spacial score (nSPS) is 24.9. The molecule has 0 N–H and O–H groups in total. The number of carbonyl (C=O) groups excluding carboxylic acids is 2. The maximum Gasteiger partial charge on any atom is 0.246 e. The van der Waals surface area contributed by atoms with Crippen LogP contribution in [-0.4, -0.2) is 97.9 Å². The molecule has 0 aromatic heterocycles. The molecule has 0 bridgehead atoms. The van der Waals surface area contributed by atoms with Crippen molar-refractivity contribution in [1.29, 1.82) is 0 Å². The fourth-order valence-electron chi connectivity index (χ4n) is 4.50. The number of fused-ring (bicyclic) bond motifs is 1. The van der Waals surface area contributed by atoms with Crippen molar-refractivity contribution in [1.82, 2.24) is 19.0 Å². The van der Waals surface area contributed by atoms with Gasteiger partial charge in [-0.3, -0.25) is 9.59 Å². The van der Waals surface area contributed by atoms with Crippen molar-refractivity contribution in [2.24, 2.45) is 5.92 Å². The molecule has 3 heterocycles. The molecule has 11 heteroatoms. The maximum absolute atomic E-state index is 12.9. The molecular formula is C19H34Cl2N4O4S. The fourth-order valence-corrected chi connectivity index (χ4v) is 5.53. The van der Waals surface area contributed by atoms with Gasteiger partial charge in [-0.15, -0.1) is 24.8 Å². The molecule has 8 nitrogen and oxygen atoms in total. The Morgan fingerprint density at radius 3 is 2.37 bits per heavy atom. The summed E-state index contributed by atoms with van der Waals surface area (Å²) in [7, 11) is -1.56. The van der Waals surface area contributed by atoms with Gasteiger partial charge in [-0.1, -0.05) is 13.3 Å². The monoisotopic (exact) mass is 484 g/mol. The maximum atomic E-state index is 12.9. The first-order chi connectivity index (χ1) is 13.2. The second-order valence-electron chi connectivity index (χ2n) is 8.13. The smallest absolute Gasteiger partial charge is 0.246 e. The summed E-state index contributed by atoms with van der Waals surface area (Å²) < 4.78 is 25.2. The summed E-state index contributed by atoms with van der Waals surface area (Å²) in [6, 6.07) is -0.432. The lowest BCUT2D eigenvalue weighted by Crippen LogP contribution is -2.45. The van der Waals surface area contributed by atoms with Crippen LogP contribution < -0.4 is 0 Å². The molecule has 2 amide bonds. The number of hydrogen-bond acceptors (Lipinski definition) is 6. The van der Waals surface area contributed by atoms with Crippen molar-refractivity contribution in [3.63, 3.8) is 0 Å². The quantitative estimate of drug-likeness (QED) is 0.539. The Hall–Kier alpha value is -0.870. The SMILES string of the molecule is CCC[C@H]1C(=O)N(S(C)(=O)=O)C2=CCN(C(=O)CCCN3CCN(C)CC3)[C@@H]21.Cl.Cl. The van der Waals surface area contributed by atoms with E-state index in [0.29, 0.717) is 25.1 Å². The summed E-state index contributed by atoms with van der Waals surface area (Å²) in [5.41, 5.74) is 0.471. The average Bonchev–Trinajstić information content (AvgIpc) is 3.15. The van der Waals surface area contributed by atoms with Crippen molar-refractivity contribution < 1.29 is 18.0 Å². The number of rotatable bonds is 7. The first kappa shape index (κ1) is 27.2. The van der Waals surface area contributed by atoms with Crippen LogP contribution in [0.4, 0.5) is 0 Å². The Bertz CT molecular complexity index is 754. The van der Waals surface area contributed by atoms with Gasteiger partial charge in [0.2, 0.25) is 21.8 Å². The number of carbonyl (C=O) groups is 2. The molecule has 0 aliphatic carbocycles. The predicted molar refractivity (Wildman–Crippen MR) is 121 cm³/mol. The highest BCUT2D eigenvalue weighted by Crippen LogP contribution is 2.40. The van der Waals surface area contributed by atoms with E-state index >= 15 is 0 Å². The van der Waals surface area contributed by atoms with Crippen molar-refractivity contribution in [3.05, 3.63) is 11.8 Å². The number of halogens is 2. The fraction of sp³-hybridized carbons (Fsp3) is 0.789. The van der Waals surface area contributed by atoms with Crippen LogP contribution in [0.5, 0.6) is 0 Å². The summed E-state index contributed by atoms with van der Waals surface area (Å²) in [5.74, 6) is -0.847. The van der Waals surface area contributed by atoms with Gasteiger partial charge in [0.15, 0.2) is 0 Å². The van der Waals surface area contributed by atoms with E-state index in [1.165, 1.54) is 0 Å². The Morgan fingerprint density at radius 2 is 1.80 bits per heavy atom. The minimum absolute atomic E-state index is 0. The molecule has 0 saturated carbocycles. The van der Waals surface area contributed by atoms with Crippen LogP contribution in [0.25, 0.3) is 0 Å². The van der Waals surface area contributed by atoms with Gasteiger partial charge < -0.3 is 14.7 Å². The molecular weight excluding hydrogens is 451 g/mol. The van der Waals surface area contributed by atoms with Crippen molar-refractivity contribution >= 4 is 46.7 Å². The number of nitrogens with zero attached hydrogens (tertiary/aromatic N) is 4. The molecule has 2 atom stereocenters. The first-order valence-electron chi connectivity index (χ1n) is 10.2.